The Bertz CT molecular complexity index is 133. The zero-order valence-corrected chi connectivity index (χ0v) is 9.01. The molecule has 0 aliphatic heterocycles. The Morgan fingerprint density at radius 1 is 1.31 bits per heavy atom. The molecule has 0 N–H and O–H groups in total. The first-order valence-corrected chi connectivity index (χ1v) is 4.79. The summed E-state index contributed by atoms with van der Waals surface area (Å²) in [4.78, 5) is 2.31. The summed E-state index contributed by atoms with van der Waals surface area (Å²) in [6, 6.07) is 0. The maximum Gasteiger partial charge on any atom is 0.188 e. The van der Waals surface area contributed by atoms with Crippen LogP contribution in [0.15, 0.2) is 12.3 Å². The van der Waals surface area contributed by atoms with Gasteiger partial charge in [0, 0.05) is 6.54 Å². The summed E-state index contributed by atoms with van der Waals surface area (Å²) in [5.74, 6) is 0.697. The molecule has 3 heteroatoms. The maximum absolute atomic E-state index is 5.25. The normalized spacial score (nSPS) is 10.5. The first-order chi connectivity index (χ1) is 6.20. The van der Waals surface area contributed by atoms with Crippen LogP contribution in [0.5, 0.6) is 0 Å². The smallest absolute Gasteiger partial charge is 0.188 e. The van der Waals surface area contributed by atoms with E-state index in [1.54, 1.807) is 0 Å². The molecule has 0 saturated heterocycles. The predicted octanol–water partition coefficient (Wildman–Crippen LogP) is 1.85. The Labute approximate surface area is 81.3 Å². The van der Waals surface area contributed by atoms with Crippen LogP contribution >= 0.6 is 0 Å². The number of likely N-dealkylation sites (N-methyl/N-ethyl adjacent to an activating group) is 1. The lowest BCUT2D eigenvalue weighted by atomic mass is 10.5. The van der Waals surface area contributed by atoms with Crippen molar-refractivity contribution >= 4 is 0 Å². The molecule has 0 aromatic carbocycles. The van der Waals surface area contributed by atoms with Crippen LogP contribution in [0.1, 0.15) is 20.8 Å². The van der Waals surface area contributed by atoms with E-state index in [4.69, 9.17) is 9.47 Å². The molecule has 0 spiro atoms. The fraction of sp³-hybridized carbons (Fsp3) is 0.800. The van der Waals surface area contributed by atoms with Gasteiger partial charge in [0.15, 0.2) is 6.79 Å². The van der Waals surface area contributed by atoms with Crippen molar-refractivity contribution in [2.75, 3.05) is 33.0 Å². The van der Waals surface area contributed by atoms with Gasteiger partial charge in [-0.3, -0.25) is 0 Å². The van der Waals surface area contributed by atoms with E-state index < -0.39 is 0 Å². The molecular weight excluding hydrogens is 166 g/mol. The summed E-state index contributed by atoms with van der Waals surface area (Å²) in [6.07, 6.45) is 0. The first kappa shape index (κ1) is 12.5. The monoisotopic (exact) mass is 187 g/mol. The van der Waals surface area contributed by atoms with Gasteiger partial charge in [-0.1, -0.05) is 20.4 Å². The number of rotatable bonds is 8. The predicted molar refractivity (Wildman–Crippen MR) is 54.5 cm³/mol. The molecule has 0 fully saturated rings. The zero-order valence-electron chi connectivity index (χ0n) is 9.01. The molecule has 0 heterocycles. The van der Waals surface area contributed by atoms with Gasteiger partial charge < -0.3 is 14.4 Å². The Morgan fingerprint density at radius 2 is 1.92 bits per heavy atom. The van der Waals surface area contributed by atoms with Crippen molar-refractivity contribution in [3.05, 3.63) is 12.3 Å². The molecular formula is C10H21NO2. The average molecular weight is 187 g/mol. The van der Waals surface area contributed by atoms with Crippen LogP contribution in [0.3, 0.4) is 0 Å². The van der Waals surface area contributed by atoms with Gasteiger partial charge in [0.05, 0.1) is 12.4 Å². The molecule has 78 valence electrons. The van der Waals surface area contributed by atoms with E-state index >= 15 is 0 Å². The standard InChI is InChI=1S/C10H21NO2/c1-5-11(6-2)7-8-12-9-13-10(3)4/h3,5-9H2,1-2,4H3. The second-order valence-electron chi connectivity index (χ2n) is 2.90. The van der Waals surface area contributed by atoms with Gasteiger partial charge >= 0.3 is 0 Å². The maximum atomic E-state index is 5.25. The zero-order chi connectivity index (χ0) is 10.1. The molecule has 0 rings (SSSR count). The fourth-order valence-corrected chi connectivity index (χ4v) is 0.935. The summed E-state index contributed by atoms with van der Waals surface area (Å²) >= 11 is 0. The van der Waals surface area contributed by atoms with Crippen molar-refractivity contribution in [3.8, 4) is 0 Å². The molecule has 13 heavy (non-hydrogen) atoms. The van der Waals surface area contributed by atoms with Gasteiger partial charge in [0.25, 0.3) is 0 Å². The molecule has 0 aliphatic carbocycles. The fourth-order valence-electron chi connectivity index (χ4n) is 0.935. The summed E-state index contributed by atoms with van der Waals surface area (Å²) in [5.41, 5.74) is 0. The number of allylic oxidation sites excluding steroid dienone is 1. The van der Waals surface area contributed by atoms with Gasteiger partial charge in [0.1, 0.15) is 0 Å². The highest BCUT2D eigenvalue weighted by Crippen LogP contribution is 1.91. The average Bonchev–Trinajstić information content (AvgIpc) is 2.11. The van der Waals surface area contributed by atoms with Gasteiger partial charge in [-0.15, -0.1) is 0 Å². The Kier molecular flexibility index (Phi) is 7.74. The van der Waals surface area contributed by atoms with Crippen molar-refractivity contribution in [2.24, 2.45) is 0 Å². The van der Waals surface area contributed by atoms with E-state index in [0.29, 0.717) is 12.6 Å². The van der Waals surface area contributed by atoms with E-state index in [-0.39, 0.29) is 0 Å². The van der Waals surface area contributed by atoms with E-state index in [1.165, 1.54) is 0 Å². The first-order valence-electron chi connectivity index (χ1n) is 4.79. The lowest BCUT2D eigenvalue weighted by Crippen LogP contribution is -2.27. The van der Waals surface area contributed by atoms with Gasteiger partial charge in [-0.05, 0) is 20.0 Å². The van der Waals surface area contributed by atoms with Crippen LogP contribution in [0.25, 0.3) is 0 Å². The largest absolute Gasteiger partial charge is 0.473 e. The van der Waals surface area contributed by atoms with Crippen LogP contribution in [0.2, 0.25) is 0 Å². The minimum Gasteiger partial charge on any atom is -0.473 e. The molecule has 0 aromatic rings. The highest BCUT2D eigenvalue weighted by atomic mass is 16.7. The highest BCUT2D eigenvalue weighted by Gasteiger charge is 1.97. The summed E-state index contributed by atoms with van der Waals surface area (Å²) in [5, 5.41) is 0. The molecule has 0 bridgehead atoms. The second-order valence-corrected chi connectivity index (χ2v) is 2.90. The van der Waals surface area contributed by atoms with Gasteiger partial charge in [-0.25, -0.2) is 0 Å². The summed E-state index contributed by atoms with van der Waals surface area (Å²) in [7, 11) is 0. The lowest BCUT2D eigenvalue weighted by Gasteiger charge is -2.17. The Morgan fingerprint density at radius 3 is 2.38 bits per heavy atom. The third kappa shape index (κ3) is 7.81. The van der Waals surface area contributed by atoms with Crippen molar-refractivity contribution in [2.45, 2.75) is 20.8 Å². The topological polar surface area (TPSA) is 21.7 Å². The Balaban J connectivity index is 3.19. The van der Waals surface area contributed by atoms with Crippen molar-refractivity contribution in [3.63, 3.8) is 0 Å². The third-order valence-electron chi connectivity index (χ3n) is 1.83. The molecule has 0 unspecified atom stereocenters. The third-order valence-corrected chi connectivity index (χ3v) is 1.83. The summed E-state index contributed by atoms with van der Waals surface area (Å²) in [6.45, 7) is 13.9. The minimum atomic E-state index is 0.316. The minimum absolute atomic E-state index is 0.316. The highest BCUT2D eigenvalue weighted by molar-refractivity contribution is 4.72. The number of ether oxygens (including phenoxy) is 2. The lowest BCUT2D eigenvalue weighted by molar-refractivity contribution is -0.0282. The van der Waals surface area contributed by atoms with Gasteiger partial charge in [0.2, 0.25) is 0 Å². The molecule has 0 saturated carbocycles. The molecule has 3 nitrogen and oxygen atoms in total. The molecule has 0 amide bonds. The SMILES string of the molecule is C=C(C)OCOCCN(CC)CC. The van der Waals surface area contributed by atoms with Crippen molar-refractivity contribution in [1.29, 1.82) is 0 Å². The van der Waals surface area contributed by atoms with E-state index in [1.807, 2.05) is 6.92 Å². The Hall–Kier alpha value is -0.540. The van der Waals surface area contributed by atoms with Crippen LogP contribution in [0, 0.1) is 0 Å². The van der Waals surface area contributed by atoms with E-state index in [0.717, 1.165) is 26.2 Å². The van der Waals surface area contributed by atoms with E-state index in [2.05, 4.69) is 25.3 Å². The summed E-state index contributed by atoms with van der Waals surface area (Å²) < 4.78 is 10.3. The second kappa shape index (κ2) is 8.08. The van der Waals surface area contributed by atoms with E-state index in [9.17, 15) is 0 Å². The van der Waals surface area contributed by atoms with Gasteiger partial charge in [-0.2, -0.15) is 0 Å². The quantitative estimate of drug-likeness (QED) is 0.329. The molecule has 0 aliphatic rings. The molecule has 0 radical (unpaired) electrons. The molecule has 0 atom stereocenters. The van der Waals surface area contributed by atoms with Crippen molar-refractivity contribution < 1.29 is 9.47 Å². The number of nitrogens with zero attached hydrogens (tertiary/aromatic N) is 1. The van der Waals surface area contributed by atoms with Crippen LogP contribution in [-0.4, -0.2) is 37.9 Å². The van der Waals surface area contributed by atoms with Crippen molar-refractivity contribution in [1.82, 2.24) is 4.90 Å². The van der Waals surface area contributed by atoms with Crippen LogP contribution in [-0.2, 0) is 9.47 Å². The number of hydrogen-bond acceptors (Lipinski definition) is 3. The number of hydrogen-bond donors (Lipinski definition) is 0. The van der Waals surface area contributed by atoms with Crippen LogP contribution < -0.4 is 0 Å². The van der Waals surface area contributed by atoms with Crippen LogP contribution in [0.4, 0.5) is 0 Å². The molecule has 0 aromatic heterocycles.